The lowest BCUT2D eigenvalue weighted by Crippen LogP contribution is -2.10. The average molecular weight is 270 g/mol. The van der Waals surface area contributed by atoms with E-state index in [1.54, 1.807) is 37.3 Å². The molecule has 0 spiro atoms. The summed E-state index contributed by atoms with van der Waals surface area (Å²) in [6.07, 6.45) is 0.761. The van der Waals surface area contributed by atoms with Crippen molar-refractivity contribution in [2.75, 3.05) is 5.32 Å². The van der Waals surface area contributed by atoms with Crippen LogP contribution in [-0.4, -0.2) is 10.9 Å². The van der Waals surface area contributed by atoms with E-state index >= 15 is 0 Å². The van der Waals surface area contributed by atoms with E-state index in [-0.39, 0.29) is 5.91 Å². The molecule has 0 fully saturated rings. The number of rotatable bonds is 3. The summed E-state index contributed by atoms with van der Waals surface area (Å²) < 4.78 is 10.8. The number of aryl methyl sites for hydroxylation is 2. The molecule has 1 N–H and O–H groups in total. The van der Waals surface area contributed by atoms with Crippen LogP contribution in [0.25, 0.3) is 11.1 Å². The standard InChI is InChI=1S/C15H14N2O3/c1-3-11-5-7-14(20-11)15(18)17-10-4-6-13-12(8-10)16-9(2)19-13/h4-8H,3H2,1-2H3,(H,17,18). The highest BCUT2D eigenvalue weighted by atomic mass is 16.4. The molecule has 102 valence electrons. The summed E-state index contributed by atoms with van der Waals surface area (Å²) in [4.78, 5) is 16.3. The smallest absolute Gasteiger partial charge is 0.291 e. The molecule has 0 aliphatic rings. The van der Waals surface area contributed by atoms with Crippen LogP contribution in [0.2, 0.25) is 0 Å². The van der Waals surface area contributed by atoms with Gasteiger partial charge >= 0.3 is 0 Å². The van der Waals surface area contributed by atoms with Crippen LogP contribution in [0.3, 0.4) is 0 Å². The van der Waals surface area contributed by atoms with Crippen LogP contribution >= 0.6 is 0 Å². The second-order valence-corrected chi connectivity index (χ2v) is 4.49. The number of carbonyl (C=O) groups excluding carboxylic acids is 1. The molecule has 3 rings (SSSR count). The Morgan fingerprint density at radius 2 is 2.10 bits per heavy atom. The summed E-state index contributed by atoms with van der Waals surface area (Å²) in [5, 5.41) is 2.78. The lowest BCUT2D eigenvalue weighted by molar-refractivity contribution is 0.0995. The third-order valence-corrected chi connectivity index (χ3v) is 2.99. The zero-order valence-corrected chi connectivity index (χ0v) is 11.3. The molecule has 20 heavy (non-hydrogen) atoms. The maximum Gasteiger partial charge on any atom is 0.291 e. The zero-order valence-electron chi connectivity index (χ0n) is 11.3. The van der Waals surface area contributed by atoms with Crippen LogP contribution in [0.1, 0.15) is 29.1 Å². The predicted molar refractivity (Wildman–Crippen MR) is 74.8 cm³/mol. The van der Waals surface area contributed by atoms with Crippen LogP contribution in [0.4, 0.5) is 5.69 Å². The number of hydrogen-bond acceptors (Lipinski definition) is 4. The third-order valence-electron chi connectivity index (χ3n) is 2.99. The van der Waals surface area contributed by atoms with Gasteiger partial charge in [-0.3, -0.25) is 4.79 Å². The van der Waals surface area contributed by atoms with Gasteiger partial charge in [0, 0.05) is 19.0 Å². The molecule has 0 saturated heterocycles. The van der Waals surface area contributed by atoms with Crippen molar-refractivity contribution in [3.63, 3.8) is 0 Å². The second kappa shape index (κ2) is 4.85. The summed E-state index contributed by atoms with van der Waals surface area (Å²) in [6, 6.07) is 8.80. The molecular weight excluding hydrogens is 256 g/mol. The average Bonchev–Trinajstić information content (AvgIpc) is 3.03. The third kappa shape index (κ3) is 2.30. The molecular formula is C15H14N2O3. The maximum atomic E-state index is 12.0. The van der Waals surface area contributed by atoms with Crippen molar-refractivity contribution in [1.29, 1.82) is 0 Å². The van der Waals surface area contributed by atoms with Crippen LogP contribution in [0.15, 0.2) is 39.2 Å². The second-order valence-electron chi connectivity index (χ2n) is 4.49. The van der Waals surface area contributed by atoms with Crippen molar-refractivity contribution in [3.05, 3.63) is 47.7 Å². The molecule has 0 bridgehead atoms. The molecule has 5 nitrogen and oxygen atoms in total. The first-order valence-corrected chi connectivity index (χ1v) is 6.43. The van der Waals surface area contributed by atoms with Crippen LogP contribution < -0.4 is 5.32 Å². The molecule has 0 atom stereocenters. The first kappa shape index (κ1) is 12.5. The number of furan rings is 1. The minimum Gasteiger partial charge on any atom is -0.456 e. The number of nitrogens with one attached hydrogen (secondary N) is 1. The lowest BCUT2D eigenvalue weighted by atomic mass is 10.3. The van der Waals surface area contributed by atoms with E-state index in [2.05, 4.69) is 10.3 Å². The van der Waals surface area contributed by atoms with Crippen molar-refractivity contribution in [1.82, 2.24) is 4.98 Å². The van der Waals surface area contributed by atoms with Gasteiger partial charge in [-0.2, -0.15) is 0 Å². The zero-order chi connectivity index (χ0) is 14.1. The first-order valence-electron chi connectivity index (χ1n) is 6.43. The Kier molecular flexibility index (Phi) is 3.02. The van der Waals surface area contributed by atoms with Gasteiger partial charge < -0.3 is 14.2 Å². The lowest BCUT2D eigenvalue weighted by Gasteiger charge is -2.02. The van der Waals surface area contributed by atoms with Gasteiger partial charge in [0.25, 0.3) is 5.91 Å². The van der Waals surface area contributed by atoms with Crippen molar-refractivity contribution in [3.8, 4) is 0 Å². The molecule has 5 heteroatoms. The molecule has 2 aromatic heterocycles. The molecule has 1 amide bonds. The van der Waals surface area contributed by atoms with Gasteiger partial charge in [0.15, 0.2) is 17.2 Å². The molecule has 2 heterocycles. The molecule has 0 unspecified atom stereocenters. The van der Waals surface area contributed by atoms with E-state index in [4.69, 9.17) is 8.83 Å². The van der Waals surface area contributed by atoms with Crippen molar-refractivity contribution in [2.45, 2.75) is 20.3 Å². The molecule has 1 aromatic carbocycles. The van der Waals surface area contributed by atoms with E-state index in [0.29, 0.717) is 28.4 Å². The van der Waals surface area contributed by atoms with E-state index in [9.17, 15) is 4.79 Å². The van der Waals surface area contributed by atoms with Crippen LogP contribution in [-0.2, 0) is 6.42 Å². The summed E-state index contributed by atoms with van der Waals surface area (Å²) in [5.41, 5.74) is 2.08. The molecule has 0 saturated carbocycles. The number of anilines is 1. The van der Waals surface area contributed by atoms with E-state index in [1.807, 2.05) is 6.92 Å². The number of nitrogens with zero attached hydrogens (tertiary/aromatic N) is 1. The molecule has 0 aliphatic carbocycles. The Balaban J connectivity index is 1.82. The molecule has 3 aromatic rings. The Hall–Kier alpha value is -2.56. The number of hydrogen-bond donors (Lipinski definition) is 1. The van der Waals surface area contributed by atoms with Crippen molar-refractivity contribution < 1.29 is 13.6 Å². The normalized spacial score (nSPS) is 10.9. The Labute approximate surface area is 115 Å². The highest BCUT2D eigenvalue weighted by Gasteiger charge is 2.12. The number of carbonyl (C=O) groups is 1. The van der Waals surface area contributed by atoms with Gasteiger partial charge in [-0.25, -0.2) is 4.98 Å². The van der Waals surface area contributed by atoms with Gasteiger partial charge in [-0.15, -0.1) is 0 Å². The minimum absolute atomic E-state index is 0.274. The number of aromatic nitrogens is 1. The van der Waals surface area contributed by atoms with Crippen LogP contribution in [0, 0.1) is 6.92 Å². The van der Waals surface area contributed by atoms with E-state index < -0.39 is 0 Å². The maximum absolute atomic E-state index is 12.0. The Bertz CT molecular complexity index is 770. The Morgan fingerprint density at radius 1 is 1.25 bits per heavy atom. The van der Waals surface area contributed by atoms with Crippen molar-refractivity contribution >= 4 is 22.7 Å². The fourth-order valence-corrected chi connectivity index (χ4v) is 2.00. The van der Waals surface area contributed by atoms with Crippen molar-refractivity contribution in [2.24, 2.45) is 0 Å². The first-order chi connectivity index (χ1) is 9.65. The van der Waals surface area contributed by atoms with Gasteiger partial charge in [0.2, 0.25) is 0 Å². The quantitative estimate of drug-likeness (QED) is 0.790. The summed E-state index contributed by atoms with van der Waals surface area (Å²) in [6.45, 7) is 3.76. The summed E-state index contributed by atoms with van der Waals surface area (Å²) in [7, 11) is 0. The highest BCUT2D eigenvalue weighted by molar-refractivity contribution is 6.03. The van der Waals surface area contributed by atoms with Gasteiger partial charge in [-0.1, -0.05) is 6.92 Å². The van der Waals surface area contributed by atoms with E-state index in [1.165, 1.54) is 0 Å². The predicted octanol–water partition coefficient (Wildman–Crippen LogP) is 3.54. The number of fused-ring (bicyclic) bond motifs is 1. The summed E-state index contributed by atoms with van der Waals surface area (Å²) >= 11 is 0. The number of oxazole rings is 1. The minimum atomic E-state index is -0.274. The Morgan fingerprint density at radius 3 is 2.85 bits per heavy atom. The number of amides is 1. The largest absolute Gasteiger partial charge is 0.456 e. The van der Waals surface area contributed by atoms with Gasteiger partial charge in [-0.05, 0) is 30.3 Å². The van der Waals surface area contributed by atoms with E-state index in [0.717, 1.165) is 12.2 Å². The number of benzene rings is 1. The van der Waals surface area contributed by atoms with Crippen LogP contribution in [0.5, 0.6) is 0 Å². The topological polar surface area (TPSA) is 68.3 Å². The molecule has 0 aliphatic heterocycles. The fourth-order valence-electron chi connectivity index (χ4n) is 2.00. The SMILES string of the molecule is CCc1ccc(C(=O)Nc2ccc3oc(C)nc3c2)o1. The molecule has 0 radical (unpaired) electrons. The monoisotopic (exact) mass is 270 g/mol. The highest BCUT2D eigenvalue weighted by Crippen LogP contribution is 2.20. The van der Waals surface area contributed by atoms with Gasteiger partial charge in [0.1, 0.15) is 11.3 Å². The summed E-state index contributed by atoms with van der Waals surface area (Å²) in [5.74, 6) is 1.42. The fraction of sp³-hybridized carbons (Fsp3) is 0.200. The van der Waals surface area contributed by atoms with Gasteiger partial charge in [0.05, 0.1) is 0 Å².